The minimum atomic E-state index is -1.11. The zero-order valence-electron chi connectivity index (χ0n) is 11.8. The highest BCUT2D eigenvalue weighted by molar-refractivity contribution is 6.03. The summed E-state index contributed by atoms with van der Waals surface area (Å²) in [6, 6.07) is 11.0. The molecule has 114 valence electrons. The number of carbonyl (C=O) groups is 1. The topological polar surface area (TPSA) is 50.2 Å². The molecule has 0 saturated heterocycles. The van der Waals surface area contributed by atoms with Crippen LogP contribution in [-0.4, -0.2) is 16.1 Å². The van der Waals surface area contributed by atoms with E-state index in [0.717, 1.165) is 5.56 Å². The average Bonchev–Trinajstić information content (AvgIpc) is 2.53. The third-order valence-corrected chi connectivity index (χ3v) is 3.34. The van der Waals surface area contributed by atoms with Crippen molar-refractivity contribution in [3.8, 4) is 0 Å². The molecule has 3 nitrogen and oxygen atoms in total. The Morgan fingerprint density at radius 3 is 2.35 bits per heavy atom. The molecule has 0 fully saturated rings. The number of hydrogen-bond donors (Lipinski definition) is 1. The summed E-state index contributed by atoms with van der Waals surface area (Å²) < 4.78 is 26.2. The van der Waals surface area contributed by atoms with Gasteiger partial charge in [0.05, 0.1) is 16.8 Å². The molecule has 1 N–H and O–H groups in total. The van der Waals surface area contributed by atoms with Crippen molar-refractivity contribution in [3.63, 3.8) is 0 Å². The lowest BCUT2D eigenvalue weighted by atomic mass is 10.1. The summed E-state index contributed by atoms with van der Waals surface area (Å²) >= 11 is 0. The summed E-state index contributed by atoms with van der Waals surface area (Å²) in [6.45, 7) is 0. The van der Waals surface area contributed by atoms with Gasteiger partial charge in [0.25, 0.3) is 0 Å². The maximum atomic E-state index is 13.3. The van der Waals surface area contributed by atoms with Crippen LogP contribution in [0.5, 0.6) is 0 Å². The quantitative estimate of drug-likeness (QED) is 0.781. The van der Waals surface area contributed by atoms with E-state index in [-0.39, 0.29) is 16.9 Å². The van der Waals surface area contributed by atoms with E-state index in [1.165, 1.54) is 36.4 Å². The standard InChI is InChI=1S/C18H11F2NO2/c19-12-4-1-11(2-5-12)3-7-14-10-16(18(22)23)15-8-6-13(20)9-17(15)21-14/h1-10H,(H,22,23). The molecule has 0 unspecified atom stereocenters. The number of rotatable bonds is 3. The highest BCUT2D eigenvalue weighted by Crippen LogP contribution is 2.21. The van der Waals surface area contributed by atoms with Crippen LogP contribution in [0.25, 0.3) is 23.1 Å². The summed E-state index contributed by atoms with van der Waals surface area (Å²) in [5.74, 6) is -1.93. The van der Waals surface area contributed by atoms with Crippen molar-refractivity contribution in [3.05, 3.63) is 77.0 Å². The highest BCUT2D eigenvalue weighted by Gasteiger charge is 2.11. The predicted molar refractivity (Wildman–Crippen MR) is 84.0 cm³/mol. The minimum Gasteiger partial charge on any atom is -0.478 e. The number of pyridine rings is 1. The third-order valence-electron chi connectivity index (χ3n) is 3.34. The molecule has 0 aliphatic rings. The van der Waals surface area contributed by atoms with E-state index in [9.17, 15) is 18.7 Å². The molecule has 3 rings (SSSR count). The summed E-state index contributed by atoms with van der Waals surface area (Å²) in [7, 11) is 0. The van der Waals surface area contributed by atoms with Gasteiger partial charge >= 0.3 is 5.97 Å². The number of carboxylic acids is 1. The molecule has 2 aromatic carbocycles. The molecular weight excluding hydrogens is 300 g/mol. The lowest BCUT2D eigenvalue weighted by Gasteiger charge is -2.04. The molecule has 3 aromatic rings. The zero-order valence-corrected chi connectivity index (χ0v) is 11.8. The monoisotopic (exact) mass is 311 g/mol. The van der Waals surface area contributed by atoms with Crippen molar-refractivity contribution in [2.75, 3.05) is 0 Å². The van der Waals surface area contributed by atoms with Crippen LogP contribution in [0.4, 0.5) is 8.78 Å². The first kappa shape index (κ1) is 14.8. The van der Waals surface area contributed by atoms with Crippen LogP contribution in [-0.2, 0) is 0 Å². The summed E-state index contributed by atoms with van der Waals surface area (Å²) in [5, 5.41) is 9.68. The molecule has 0 amide bonds. The van der Waals surface area contributed by atoms with Gasteiger partial charge in [0.1, 0.15) is 11.6 Å². The van der Waals surface area contributed by atoms with Crippen LogP contribution in [0, 0.1) is 11.6 Å². The van der Waals surface area contributed by atoms with Crippen LogP contribution in [0.1, 0.15) is 21.6 Å². The number of aromatic carboxylic acids is 1. The molecule has 0 saturated carbocycles. The first-order valence-electron chi connectivity index (χ1n) is 6.80. The highest BCUT2D eigenvalue weighted by atomic mass is 19.1. The second-order valence-corrected chi connectivity index (χ2v) is 4.95. The maximum Gasteiger partial charge on any atom is 0.336 e. The second kappa shape index (κ2) is 5.96. The number of aromatic nitrogens is 1. The van der Waals surface area contributed by atoms with Gasteiger partial charge < -0.3 is 5.11 Å². The van der Waals surface area contributed by atoms with Gasteiger partial charge in [-0.1, -0.05) is 18.2 Å². The van der Waals surface area contributed by atoms with Crippen molar-refractivity contribution in [2.45, 2.75) is 0 Å². The molecule has 0 radical (unpaired) electrons. The Labute approximate surface area is 130 Å². The van der Waals surface area contributed by atoms with Crippen LogP contribution < -0.4 is 0 Å². The summed E-state index contributed by atoms with van der Waals surface area (Å²) in [5.41, 5.74) is 1.44. The van der Waals surface area contributed by atoms with Gasteiger partial charge in [0.2, 0.25) is 0 Å². The van der Waals surface area contributed by atoms with Crippen LogP contribution >= 0.6 is 0 Å². The van der Waals surface area contributed by atoms with E-state index in [1.54, 1.807) is 24.3 Å². The number of hydrogen-bond acceptors (Lipinski definition) is 2. The SMILES string of the molecule is O=C(O)c1cc(C=Cc2ccc(F)cc2)nc2cc(F)ccc12. The maximum absolute atomic E-state index is 13.3. The van der Waals surface area contributed by atoms with E-state index in [2.05, 4.69) is 4.98 Å². The number of fused-ring (bicyclic) bond motifs is 1. The smallest absolute Gasteiger partial charge is 0.336 e. The van der Waals surface area contributed by atoms with Gasteiger partial charge in [-0.15, -0.1) is 0 Å². The van der Waals surface area contributed by atoms with Crippen molar-refractivity contribution in [1.29, 1.82) is 0 Å². The molecule has 0 aliphatic heterocycles. The van der Waals surface area contributed by atoms with Gasteiger partial charge in [-0.3, -0.25) is 0 Å². The lowest BCUT2D eigenvalue weighted by molar-refractivity contribution is 0.0699. The van der Waals surface area contributed by atoms with E-state index in [0.29, 0.717) is 11.1 Å². The molecular formula is C18H11F2NO2. The van der Waals surface area contributed by atoms with Crippen molar-refractivity contribution >= 4 is 29.0 Å². The molecule has 0 spiro atoms. The van der Waals surface area contributed by atoms with Crippen LogP contribution in [0.3, 0.4) is 0 Å². The first-order chi connectivity index (χ1) is 11.0. The minimum absolute atomic E-state index is 0.0498. The number of nitrogens with zero attached hydrogens (tertiary/aromatic N) is 1. The normalized spacial score (nSPS) is 11.2. The van der Waals surface area contributed by atoms with E-state index >= 15 is 0 Å². The number of halogens is 2. The molecule has 23 heavy (non-hydrogen) atoms. The van der Waals surface area contributed by atoms with E-state index in [4.69, 9.17) is 0 Å². The fraction of sp³-hybridized carbons (Fsp3) is 0. The molecule has 0 bridgehead atoms. The third kappa shape index (κ3) is 3.23. The Morgan fingerprint density at radius 2 is 1.65 bits per heavy atom. The zero-order chi connectivity index (χ0) is 16.4. The summed E-state index contributed by atoms with van der Waals surface area (Å²) in [4.78, 5) is 15.6. The van der Waals surface area contributed by atoms with Gasteiger partial charge in [-0.05, 0) is 42.0 Å². The van der Waals surface area contributed by atoms with Crippen LogP contribution in [0.2, 0.25) is 0 Å². The fourth-order valence-corrected chi connectivity index (χ4v) is 2.24. The van der Waals surface area contributed by atoms with Gasteiger partial charge in [-0.2, -0.15) is 0 Å². The van der Waals surface area contributed by atoms with E-state index < -0.39 is 11.8 Å². The molecule has 1 heterocycles. The Morgan fingerprint density at radius 1 is 0.957 bits per heavy atom. The second-order valence-electron chi connectivity index (χ2n) is 4.95. The Hall–Kier alpha value is -3.08. The van der Waals surface area contributed by atoms with Gasteiger partial charge in [0, 0.05) is 11.5 Å². The number of carboxylic acid groups (broad SMARTS) is 1. The van der Waals surface area contributed by atoms with E-state index in [1.807, 2.05) is 0 Å². The summed E-state index contributed by atoms with van der Waals surface area (Å²) in [6.07, 6.45) is 3.28. The Bertz CT molecular complexity index is 918. The molecule has 1 aromatic heterocycles. The lowest BCUT2D eigenvalue weighted by Crippen LogP contribution is -2.00. The van der Waals surface area contributed by atoms with Crippen molar-refractivity contribution in [2.24, 2.45) is 0 Å². The predicted octanol–water partition coefficient (Wildman–Crippen LogP) is 4.38. The van der Waals surface area contributed by atoms with Gasteiger partial charge in [-0.25, -0.2) is 18.6 Å². The van der Waals surface area contributed by atoms with Crippen molar-refractivity contribution in [1.82, 2.24) is 4.98 Å². The molecule has 0 aliphatic carbocycles. The Balaban J connectivity index is 2.06. The molecule has 5 heteroatoms. The first-order valence-corrected chi connectivity index (χ1v) is 6.80. The number of benzene rings is 2. The Kier molecular flexibility index (Phi) is 3.85. The average molecular weight is 311 g/mol. The molecule has 0 atom stereocenters. The fourth-order valence-electron chi connectivity index (χ4n) is 2.24. The van der Waals surface area contributed by atoms with Crippen molar-refractivity contribution < 1.29 is 18.7 Å². The van der Waals surface area contributed by atoms with Gasteiger partial charge in [0.15, 0.2) is 0 Å². The van der Waals surface area contributed by atoms with Crippen LogP contribution in [0.15, 0.2) is 48.5 Å². The largest absolute Gasteiger partial charge is 0.478 e.